The minimum Gasteiger partial charge on any atom is -0.480 e. The van der Waals surface area contributed by atoms with Gasteiger partial charge in [-0.05, 0) is 104 Å². The third kappa shape index (κ3) is 50.3. The first-order valence-corrected chi connectivity index (χ1v) is 37.1. The van der Waals surface area contributed by atoms with Gasteiger partial charge >= 0.3 is 12.1 Å². The van der Waals surface area contributed by atoms with Crippen LogP contribution >= 0.6 is 21.6 Å². The van der Waals surface area contributed by atoms with E-state index in [1.807, 2.05) is 53.7 Å². The highest BCUT2D eigenvalue weighted by Crippen LogP contribution is 2.38. The summed E-state index contributed by atoms with van der Waals surface area (Å²) in [5, 5.41) is 29.4. The van der Waals surface area contributed by atoms with Crippen molar-refractivity contribution in [2.24, 2.45) is 5.92 Å². The maximum Gasteiger partial charge on any atom is 0.407 e. The van der Waals surface area contributed by atoms with E-state index in [4.69, 9.17) is 24.1 Å². The lowest BCUT2D eigenvalue weighted by Gasteiger charge is -2.30. The fourth-order valence-electron chi connectivity index (χ4n) is 10.5. The molecule has 87 heavy (non-hydrogen) atoms. The lowest BCUT2D eigenvalue weighted by molar-refractivity contribution is -0.140. The molecule has 0 bridgehead atoms. The smallest absolute Gasteiger partial charge is 0.407 e. The Kier molecular flexibility index (Phi) is 51.4. The molecule has 0 spiro atoms. The van der Waals surface area contributed by atoms with Gasteiger partial charge in [0.15, 0.2) is 0 Å². The van der Waals surface area contributed by atoms with Crippen molar-refractivity contribution in [3.63, 3.8) is 0 Å². The number of amides is 4. The third-order valence-electron chi connectivity index (χ3n) is 16.4. The fraction of sp³-hybridized carbons (Fsp3) is 0.843. The quantitative estimate of drug-likeness (QED) is 0.0265. The van der Waals surface area contributed by atoms with E-state index >= 15 is 0 Å². The monoisotopic (exact) mass is 1260 g/mol. The zero-order chi connectivity index (χ0) is 64.1. The van der Waals surface area contributed by atoms with Crippen molar-refractivity contribution in [3.8, 4) is 0 Å². The zero-order valence-electron chi connectivity index (χ0n) is 56.3. The summed E-state index contributed by atoms with van der Waals surface area (Å²) in [6.45, 7) is 19.1. The summed E-state index contributed by atoms with van der Waals surface area (Å²) in [6.07, 6.45) is 44.1. The number of ether oxygens (including phenoxy) is 4. The highest BCUT2D eigenvalue weighted by Gasteiger charge is 2.24. The van der Waals surface area contributed by atoms with Gasteiger partial charge in [-0.3, -0.25) is 14.4 Å². The van der Waals surface area contributed by atoms with E-state index in [1.54, 1.807) is 12.1 Å². The van der Waals surface area contributed by atoms with Crippen LogP contribution in [0.2, 0.25) is 0 Å². The Hall–Kier alpha value is -3.09. The molecular weight excluding hydrogens is 1140 g/mol. The van der Waals surface area contributed by atoms with Crippen LogP contribution in [-0.2, 0) is 33.3 Å². The molecule has 0 radical (unpaired) electrons. The van der Waals surface area contributed by atoms with Crippen LogP contribution in [0.15, 0.2) is 24.3 Å². The van der Waals surface area contributed by atoms with E-state index in [2.05, 4.69) is 28.2 Å². The van der Waals surface area contributed by atoms with Gasteiger partial charge in [0.2, 0.25) is 11.8 Å². The largest absolute Gasteiger partial charge is 0.480 e. The predicted molar refractivity (Wildman–Crippen MR) is 363 cm³/mol. The molecule has 17 heteroatoms. The number of carbonyl (C=O) groups is 5. The standard InChI is InChI=1S/C70H128N4O11S2/c1-9-61(40-34-29-25-21-17-13-11-10-12-15-19-23-27-31-38-52-75)41-35-30-26-22-18-14-16-20-24-28-32-39-53-82-58(2)56-83-68(81)73-49-37-33-36-42-65(77)71-50-47-69(5,6)84-54-48-70(7,8)85-55-51-72-66(78)63-45-43-62(44-46-63)59(3)87-86-57-64(67(79)80)74-60(4)76/h43-46,58-59,61,64,75H,9-42,47-57H2,1-8H3,(H,71,77)(H,72,78)(H,73,81)(H,74,76)(H,79,80). The number of carbonyl (C=O) groups excluding carboxylic acids is 4. The predicted octanol–water partition coefficient (Wildman–Crippen LogP) is 17.0. The van der Waals surface area contributed by atoms with Crippen LogP contribution in [0.1, 0.15) is 308 Å². The number of benzene rings is 1. The molecule has 15 nitrogen and oxygen atoms in total. The number of aliphatic hydroxyl groups is 1. The Bertz CT molecular complexity index is 1860. The second kappa shape index (κ2) is 54.6. The molecule has 0 saturated heterocycles. The van der Waals surface area contributed by atoms with E-state index in [0.29, 0.717) is 70.9 Å². The first-order chi connectivity index (χ1) is 41.9. The number of rotatable bonds is 61. The van der Waals surface area contributed by atoms with Gasteiger partial charge < -0.3 is 50.4 Å². The van der Waals surface area contributed by atoms with Gasteiger partial charge in [0, 0.05) is 62.8 Å². The van der Waals surface area contributed by atoms with E-state index in [1.165, 1.54) is 208 Å². The van der Waals surface area contributed by atoms with Crippen LogP contribution in [0.4, 0.5) is 4.79 Å². The second-order valence-electron chi connectivity index (χ2n) is 25.7. The molecule has 0 heterocycles. The Balaban J connectivity index is 1.95. The summed E-state index contributed by atoms with van der Waals surface area (Å²) in [4.78, 5) is 60.2. The first kappa shape index (κ1) is 81.9. The van der Waals surface area contributed by atoms with Gasteiger partial charge in [0.25, 0.3) is 5.91 Å². The summed E-state index contributed by atoms with van der Waals surface area (Å²) >= 11 is 0. The molecule has 0 fully saturated rings. The van der Waals surface area contributed by atoms with Gasteiger partial charge in [-0.15, -0.1) is 0 Å². The van der Waals surface area contributed by atoms with E-state index < -0.39 is 29.3 Å². The zero-order valence-corrected chi connectivity index (χ0v) is 58.0. The highest BCUT2D eigenvalue weighted by molar-refractivity contribution is 8.76. The molecule has 0 saturated carbocycles. The van der Waals surface area contributed by atoms with Crippen molar-refractivity contribution < 1.29 is 53.1 Å². The van der Waals surface area contributed by atoms with Crippen LogP contribution in [-0.4, -0.2) is 122 Å². The van der Waals surface area contributed by atoms with Gasteiger partial charge in [0.05, 0.1) is 30.5 Å². The van der Waals surface area contributed by atoms with E-state index in [-0.39, 0.29) is 41.4 Å². The molecule has 0 aromatic heterocycles. The lowest BCUT2D eigenvalue weighted by atomic mass is 9.92. The Morgan fingerprint density at radius 2 is 1.06 bits per heavy atom. The lowest BCUT2D eigenvalue weighted by Crippen LogP contribution is -2.41. The van der Waals surface area contributed by atoms with Crippen molar-refractivity contribution in [3.05, 3.63) is 35.4 Å². The molecule has 1 aromatic rings. The number of alkyl carbamates (subject to hydrolysis) is 1. The molecule has 4 atom stereocenters. The SMILES string of the molecule is CCC(CCCCCCCCCCCCCCCCCO)CCCCCCCCCCCCCCOC(C)COC(=O)NCCCCCC(=O)NCCC(C)(C)OCCC(C)(C)OCCNC(=O)c1ccc(C(C)SSCC(NC(C)=O)C(=O)O)cc1. The van der Waals surface area contributed by atoms with Gasteiger partial charge in [-0.25, -0.2) is 9.59 Å². The van der Waals surface area contributed by atoms with Crippen molar-refractivity contribution >= 4 is 51.4 Å². The van der Waals surface area contributed by atoms with Crippen LogP contribution in [0.5, 0.6) is 0 Å². The van der Waals surface area contributed by atoms with Gasteiger partial charge in [-0.1, -0.05) is 227 Å². The van der Waals surface area contributed by atoms with Crippen LogP contribution in [0.3, 0.4) is 0 Å². The van der Waals surface area contributed by atoms with E-state index in [0.717, 1.165) is 43.6 Å². The Labute approximate surface area is 537 Å². The summed E-state index contributed by atoms with van der Waals surface area (Å²) < 4.78 is 23.5. The normalized spacial score (nSPS) is 13.2. The number of aliphatic carboxylic acids is 1. The minimum atomic E-state index is -1.07. The molecule has 0 aliphatic carbocycles. The average Bonchev–Trinajstić information content (AvgIpc) is 3.59. The fourth-order valence-corrected chi connectivity index (χ4v) is 13.0. The molecule has 4 unspecified atom stereocenters. The number of hydrogen-bond acceptors (Lipinski definition) is 12. The number of nitrogens with one attached hydrogen (secondary N) is 4. The van der Waals surface area contributed by atoms with E-state index in [9.17, 15) is 29.1 Å². The molecular formula is C70H128N4O11S2. The minimum absolute atomic E-state index is 0.00455. The molecule has 1 aromatic carbocycles. The number of aliphatic hydroxyl groups excluding tert-OH is 1. The molecule has 1 rings (SSSR count). The van der Waals surface area contributed by atoms with Crippen LogP contribution < -0.4 is 21.3 Å². The highest BCUT2D eigenvalue weighted by atomic mass is 33.1. The summed E-state index contributed by atoms with van der Waals surface area (Å²) in [7, 11) is 2.88. The van der Waals surface area contributed by atoms with Gasteiger partial charge in [-0.2, -0.15) is 0 Å². The van der Waals surface area contributed by atoms with Crippen LogP contribution in [0, 0.1) is 5.92 Å². The maximum atomic E-state index is 12.8. The molecule has 0 aliphatic heterocycles. The molecule has 6 N–H and O–H groups in total. The van der Waals surface area contributed by atoms with Crippen molar-refractivity contribution in [1.29, 1.82) is 0 Å². The first-order valence-electron chi connectivity index (χ1n) is 34.7. The summed E-state index contributed by atoms with van der Waals surface area (Å²) in [6, 6.07) is 6.36. The topological polar surface area (TPSA) is 211 Å². The number of carboxylic acids is 1. The molecule has 4 amide bonds. The molecule has 506 valence electrons. The number of carboxylic acid groups (broad SMARTS) is 1. The van der Waals surface area contributed by atoms with Crippen molar-refractivity contribution in [2.45, 2.75) is 315 Å². The second-order valence-corrected chi connectivity index (χ2v) is 28.5. The van der Waals surface area contributed by atoms with Crippen molar-refractivity contribution in [1.82, 2.24) is 21.3 Å². The Morgan fingerprint density at radius 3 is 1.57 bits per heavy atom. The number of unbranched alkanes of at least 4 members (excludes halogenated alkanes) is 27. The maximum absolute atomic E-state index is 12.8. The summed E-state index contributed by atoms with van der Waals surface area (Å²) in [5.41, 5.74) is 0.613. The Morgan fingerprint density at radius 1 is 0.563 bits per heavy atom. The van der Waals surface area contributed by atoms with Crippen molar-refractivity contribution in [2.75, 3.05) is 58.4 Å². The molecule has 0 aliphatic rings. The third-order valence-corrected chi connectivity index (χ3v) is 19.3. The average molecular weight is 1270 g/mol. The summed E-state index contributed by atoms with van der Waals surface area (Å²) in [5.74, 6) is -0.475. The number of hydrogen-bond donors (Lipinski definition) is 6. The van der Waals surface area contributed by atoms with Gasteiger partial charge in [0.1, 0.15) is 12.6 Å². The van der Waals surface area contributed by atoms with Crippen LogP contribution in [0.25, 0.3) is 0 Å².